The highest BCUT2D eigenvalue weighted by Gasteiger charge is 2.13. The molecule has 0 saturated carbocycles. The van der Waals surface area contributed by atoms with E-state index in [0.29, 0.717) is 26.1 Å². The van der Waals surface area contributed by atoms with E-state index in [2.05, 4.69) is 29.2 Å². The Morgan fingerprint density at radius 2 is 1.48 bits per heavy atom. The molecule has 0 heterocycles. The van der Waals surface area contributed by atoms with Gasteiger partial charge in [-0.2, -0.15) is 0 Å². The van der Waals surface area contributed by atoms with Crippen molar-refractivity contribution in [2.45, 2.75) is 32.5 Å². The molecule has 2 rings (SSSR count). The summed E-state index contributed by atoms with van der Waals surface area (Å²) in [4.78, 5) is 14.3. The highest BCUT2D eigenvalue weighted by Crippen LogP contribution is 2.10. The SMILES string of the molecule is CO[C@H](C)CCOC(=O)CN(Cc1ccccc1)Cc1ccccc1. The van der Waals surface area contributed by atoms with Gasteiger partial charge in [0.25, 0.3) is 0 Å². The second-order valence-electron chi connectivity index (χ2n) is 6.17. The Morgan fingerprint density at radius 1 is 0.960 bits per heavy atom. The van der Waals surface area contributed by atoms with E-state index in [0.717, 1.165) is 0 Å². The molecule has 0 bridgehead atoms. The molecule has 0 unspecified atom stereocenters. The van der Waals surface area contributed by atoms with Crippen LogP contribution in [-0.4, -0.2) is 37.2 Å². The second-order valence-corrected chi connectivity index (χ2v) is 6.17. The van der Waals surface area contributed by atoms with E-state index in [1.54, 1.807) is 7.11 Å². The van der Waals surface area contributed by atoms with Gasteiger partial charge in [-0.25, -0.2) is 0 Å². The Balaban J connectivity index is 1.92. The summed E-state index contributed by atoms with van der Waals surface area (Å²) in [6.07, 6.45) is 0.803. The molecule has 0 saturated heterocycles. The van der Waals surface area contributed by atoms with Gasteiger partial charge in [0, 0.05) is 26.6 Å². The van der Waals surface area contributed by atoms with E-state index in [1.807, 2.05) is 43.3 Å². The van der Waals surface area contributed by atoms with Gasteiger partial charge in [0.05, 0.1) is 19.3 Å². The number of carbonyl (C=O) groups excluding carboxylic acids is 1. The Morgan fingerprint density at radius 3 is 1.96 bits per heavy atom. The van der Waals surface area contributed by atoms with Gasteiger partial charge < -0.3 is 9.47 Å². The average Bonchev–Trinajstić information content (AvgIpc) is 2.63. The number of esters is 1. The van der Waals surface area contributed by atoms with Crippen LogP contribution < -0.4 is 0 Å². The first-order valence-electron chi connectivity index (χ1n) is 8.66. The Kier molecular flexibility index (Phi) is 8.16. The lowest BCUT2D eigenvalue weighted by atomic mass is 10.1. The van der Waals surface area contributed by atoms with E-state index in [-0.39, 0.29) is 18.6 Å². The molecule has 25 heavy (non-hydrogen) atoms. The molecule has 4 nitrogen and oxygen atoms in total. The molecular formula is C21H27NO3. The number of benzene rings is 2. The first-order chi connectivity index (χ1) is 12.2. The predicted molar refractivity (Wildman–Crippen MR) is 99.0 cm³/mol. The predicted octanol–water partition coefficient (Wildman–Crippen LogP) is 3.66. The minimum atomic E-state index is -0.199. The molecule has 2 aromatic carbocycles. The van der Waals surface area contributed by atoms with Gasteiger partial charge in [-0.15, -0.1) is 0 Å². The number of carbonyl (C=O) groups is 1. The first kappa shape index (κ1) is 19.2. The molecule has 2 aromatic rings. The van der Waals surface area contributed by atoms with Gasteiger partial charge in [-0.05, 0) is 18.1 Å². The van der Waals surface area contributed by atoms with Crippen LogP contribution >= 0.6 is 0 Å². The highest BCUT2D eigenvalue weighted by atomic mass is 16.5. The molecule has 0 aliphatic carbocycles. The van der Waals surface area contributed by atoms with Crippen LogP contribution in [0.1, 0.15) is 24.5 Å². The van der Waals surface area contributed by atoms with Crippen LogP contribution in [0.4, 0.5) is 0 Å². The van der Waals surface area contributed by atoms with Crippen molar-refractivity contribution in [2.75, 3.05) is 20.3 Å². The fourth-order valence-electron chi connectivity index (χ4n) is 2.54. The van der Waals surface area contributed by atoms with Gasteiger partial charge in [0.2, 0.25) is 0 Å². The number of hydrogen-bond acceptors (Lipinski definition) is 4. The zero-order valence-corrected chi connectivity index (χ0v) is 15.1. The van der Waals surface area contributed by atoms with Gasteiger partial charge in [-0.3, -0.25) is 9.69 Å². The maximum absolute atomic E-state index is 12.2. The zero-order chi connectivity index (χ0) is 17.9. The molecule has 134 valence electrons. The summed E-state index contributed by atoms with van der Waals surface area (Å²) in [6.45, 7) is 4.03. The third-order valence-corrected chi connectivity index (χ3v) is 4.04. The van der Waals surface area contributed by atoms with Crippen molar-refractivity contribution in [3.8, 4) is 0 Å². The van der Waals surface area contributed by atoms with Crippen LogP contribution in [-0.2, 0) is 27.4 Å². The number of methoxy groups -OCH3 is 1. The fourth-order valence-corrected chi connectivity index (χ4v) is 2.54. The zero-order valence-electron chi connectivity index (χ0n) is 15.1. The number of hydrogen-bond donors (Lipinski definition) is 0. The normalized spacial score (nSPS) is 12.1. The Bertz CT molecular complexity index is 574. The molecule has 0 aliphatic heterocycles. The van der Waals surface area contributed by atoms with E-state index in [4.69, 9.17) is 9.47 Å². The molecule has 0 N–H and O–H groups in total. The maximum Gasteiger partial charge on any atom is 0.320 e. The highest BCUT2D eigenvalue weighted by molar-refractivity contribution is 5.71. The second kappa shape index (κ2) is 10.6. The molecule has 0 radical (unpaired) electrons. The van der Waals surface area contributed by atoms with E-state index < -0.39 is 0 Å². The molecule has 0 aliphatic rings. The summed E-state index contributed by atoms with van der Waals surface area (Å²) < 4.78 is 10.5. The van der Waals surface area contributed by atoms with Crippen molar-refractivity contribution < 1.29 is 14.3 Å². The molecular weight excluding hydrogens is 314 g/mol. The molecule has 0 spiro atoms. The van der Waals surface area contributed by atoms with E-state index >= 15 is 0 Å². The van der Waals surface area contributed by atoms with Gasteiger partial charge in [0.1, 0.15) is 0 Å². The van der Waals surface area contributed by atoms with Gasteiger partial charge >= 0.3 is 5.97 Å². The number of rotatable bonds is 10. The van der Waals surface area contributed by atoms with Crippen molar-refractivity contribution in [1.82, 2.24) is 4.90 Å². The minimum absolute atomic E-state index is 0.0949. The summed E-state index contributed by atoms with van der Waals surface area (Å²) in [5.41, 5.74) is 2.36. The minimum Gasteiger partial charge on any atom is -0.465 e. The summed E-state index contributed by atoms with van der Waals surface area (Å²) in [5, 5.41) is 0. The van der Waals surface area contributed by atoms with E-state index in [1.165, 1.54) is 11.1 Å². The van der Waals surface area contributed by atoms with Crippen molar-refractivity contribution >= 4 is 5.97 Å². The fraction of sp³-hybridized carbons (Fsp3) is 0.381. The summed E-state index contributed by atoms with van der Waals surface area (Å²) in [6, 6.07) is 20.3. The van der Waals surface area contributed by atoms with Gasteiger partial charge in [0.15, 0.2) is 0 Å². The van der Waals surface area contributed by atoms with Crippen molar-refractivity contribution in [3.63, 3.8) is 0 Å². The van der Waals surface area contributed by atoms with Crippen molar-refractivity contribution in [1.29, 1.82) is 0 Å². The average molecular weight is 341 g/mol. The standard InChI is InChI=1S/C21H27NO3/c1-18(24-2)13-14-25-21(23)17-22(15-19-9-5-3-6-10-19)16-20-11-7-4-8-12-20/h3-12,18H,13-17H2,1-2H3/t18-/m1/s1. The topological polar surface area (TPSA) is 38.8 Å². The quantitative estimate of drug-likeness (QED) is 0.618. The van der Waals surface area contributed by atoms with Crippen molar-refractivity contribution in [2.24, 2.45) is 0 Å². The van der Waals surface area contributed by atoms with Crippen LogP contribution in [0.25, 0.3) is 0 Å². The monoisotopic (exact) mass is 341 g/mol. The molecule has 4 heteroatoms. The largest absolute Gasteiger partial charge is 0.465 e. The summed E-state index contributed by atoms with van der Waals surface area (Å²) in [7, 11) is 1.66. The van der Waals surface area contributed by atoms with E-state index in [9.17, 15) is 4.79 Å². The van der Waals surface area contributed by atoms with Crippen LogP contribution in [0, 0.1) is 0 Å². The van der Waals surface area contributed by atoms with Crippen LogP contribution in [0.15, 0.2) is 60.7 Å². The molecule has 1 atom stereocenters. The lowest BCUT2D eigenvalue weighted by Crippen LogP contribution is -2.30. The molecule has 0 aromatic heterocycles. The lowest BCUT2D eigenvalue weighted by molar-refractivity contribution is -0.146. The molecule has 0 amide bonds. The summed E-state index contributed by atoms with van der Waals surface area (Å²) >= 11 is 0. The smallest absolute Gasteiger partial charge is 0.320 e. The summed E-state index contributed by atoms with van der Waals surface area (Å²) in [5.74, 6) is -0.199. The maximum atomic E-state index is 12.2. The number of ether oxygens (including phenoxy) is 2. The third-order valence-electron chi connectivity index (χ3n) is 4.04. The van der Waals surface area contributed by atoms with Crippen LogP contribution in [0.5, 0.6) is 0 Å². The van der Waals surface area contributed by atoms with Gasteiger partial charge in [-0.1, -0.05) is 60.7 Å². The molecule has 0 fully saturated rings. The first-order valence-corrected chi connectivity index (χ1v) is 8.66. The number of nitrogens with zero attached hydrogens (tertiary/aromatic N) is 1. The third kappa shape index (κ3) is 7.50. The van der Waals surface area contributed by atoms with Crippen LogP contribution in [0.3, 0.4) is 0 Å². The lowest BCUT2D eigenvalue weighted by Gasteiger charge is -2.22. The Labute approximate surface area is 150 Å². The Hall–Kier alpha value is -2.17. The van der Waals surface area contributed by atoms with Crippen LogP contribution in [0.2, 0.25) is 0 Å². The van der Waals surface area contributed by atoms with Crippen molar-refractivity contribution in [3.05, 3.63) is 71.8 Å².